The van der Waals surface area contributed by atoms with Crippen LogP contribution in [-0.4, -0.2) is 27.4 Å². The van der Waals surface area contributed by atoms with Gasteiger partial charge < -0.3 is 4.74 Å². The second-order valence-corrected chi connectivity index (χ2v) is 5.48. The van der Waals surface area contributed by atoms with Gasteiger partial charge in [-0.15, -0.1) is 0 Å². The normalized spacial score (nSPS) is 18.8. The summed E-state index contributed by atoms with van der Waals surface area (Å²) in [5.41, 5.74) is 1.27. The topological polar surface area (TPSA) is 43.6 Å². The molecular weight excluding hydrogens is 278 g/mol. The number of hydrogen-bond donors (Lipinski definition) is 0. The van der Waals surface area contributed by atoms with Crippen molar-refractivity contribution in [1.82, 2.24) is 9.61 Å². The third-order valence-electron chi connectivity index (χ3n) is 3.84. The molecule has 3 rings (SSSR count). The molecule has 0 spiro atoms. The summed E-state index contributed by atoms with van der Waals surface area (Å²) >= 11 is 0. The van der Waals surface area contributed by atoms with E-state index in [1.165, 1.54) is 13.1 Å². The Labute approximate surface area is 120 Å². The van der Waals surface area contributed by atoms with E-state index in [2.05, 4.69) is 5.10 Å². The van der Waals surface area contributed by atoms with Crippen LogP contribution in [0, 0.1) is 0 Å². The highest BCUT2D eigenvalue weighted by molar-refractivity contribution is 6.00. The fraction of sp³-hybridized carbons (Fsp3) is 0.467. The van der Waals surface area contributed by atoms with Gasteiger partial charge in [0.1, 0.15) is 5.75 Å². The molecule has 1 aliphatic carbocycles. The van der Waals surface area contributed by atoms with Crippen LogP contribution in [0.4, 0.5) is 8.78 Å². The lowest BCUT2D eigenvalue weighted by molar-refractivity contribution is -0.0583. The van der Waals surface area contributed by atoms with Gasteiger partial charge in [-0.05, 0) is 31.9 Å². The molecule has 2 aromatic heterocycles. The van der Waals surface area contributed by atoms with E-state index in [1.807, 2.05) is 0 Å². The molecular formula is C15H16F2N2O2. The SMILES string of the molecule is CC(=O)c1cnn2cc(OC3CCC(F)(F)CC3)ccc12. The molecule has 0 bridgehead atoms. The Kier molecular flexibility index (Phi) is 3.39. The molecule has 0 aliphatic heterocycles. The summed E-state index contributed by atoms with van der Waals surface area (Å²) in [4.78, 5) is 11.4. The Morgan fingerprint density at radius 2 is 2.10 bits per heavy atom. The van der Waals surface area contributed by atoms with Crippen molar-refractivity contribution < 1.29 is 18.3 Å². The molecule has 1 aliphatic rings. The minimum Gasteiger partial charge on any atom is -0.489 e. The largest absolute Gasteiger partial charge is 0.489 e. The van der Waals surface area contributed by atoms with Gasteiger partial charge in [0.25, 0.3) is 0 Å². The minimum atomic E-state index is -2.55. The van der Waals surface area contributed by atoms with Crippen molar-refractivity contribution in [1.29, 1.82) is 0 Å². The van der Waals surface area contributed by atoms with Gasteiger partial charge in [-0.3, -0.25) is 4.79 Å². The maximum atomic E-state index is 13.1. The predicted octanol–water partition coefficient (Wildman–Crippen LogP) is 3.49. The van der Waals surface area contributed by atoms with Crippen LogP contribution in [0.15, 0.2) is 24.5 Å². The maximum Gasteiger partial charge on any atom is 0.248 e. The first-order valence-electron chi connectivity index (χ1n) is 6.97. The van der Waals surface area contributed by atoms with Crippen LogP contribution in [0.3, 0.4) is 0 Å². The highest BCUT2D eigenvalue weighted by atomic mass is 19.3. The van der Waals surface area contributed by atoms with Crippen LogP contribution in [0.25, 0.3) is 5.52 Å². The first-order chi connectivity index (χ1) is 9.94. The van der Waals surface area contributed by atoms with Crippen molar-refractivity contribution in [3.05, 3.63) is 30.1 Å². The predicted molar refractivity (Wildman–Crippen MR) is 73.0 cm³/mol. The van der Waals surface area contributed by atoms with Crippen molar-refractivity contribution in [2.24, 2.45) is 0 Å². The van der Waals surface area contributed by atoms with Gasteiger partial charge in [-0.1, -0.05) is 0 Å². The van der Waals surface area contributed by atoms with E-state index in [0.717, 1.165) is 0 Å². The summed E-state index contributed by atoms with van der Waals surface area (Å²) in [6.45, 7) is 1.49. The fourth-order valence-corrected chi connectivity index (χ4v) is 2.63. The first kappa shape index (κ1) is 14.0. The van der Waals surface area contributed by atoms with E-state index in [4.69, 9.17) is 4.74 Å². The lowest BCUT2D eigenvalue weighted by Crippen LogP contribution is -2.30. The van der Waals surface area contributed by atoms with Crippen LogP contribution in [0.5, 0.6) is 5.75 Å². The highest BCUT2D eigenvalue weighted by Crippen LogP contribution is 2.34. The number of fused-ring (bicyclic) bond motifs is 1. The number of aromatic nitrogens is 2. The fourth-order valence-electron chi connectivity index (χ4n) is 2.63. The van der Waals surface area contributed by atoms with Gasteiger partial charge in [0.15, 0.2) is 5.78 Å². The number of carbonyl (C=O) groups excluding carboxylic acids is 1. The molecule has 2 heterocycles. The monoisotopic (exact) mass is 294 g/mol. The number of alkyl halides is 2. The molecule has 0 atom stereocenters. The van der Waals surface area contributed by atoms with Gasteiger partial charge in [0.2, 0.25) is 5.92 Å². The number of halogens is 2. The number of pyridine rings is 1. The number of ether oxygens (including phenoxy) is 1. The van der Waals surface area contributed by atoms with Crippen molar-refractivity contribution in [3.8, 4) is 5.75 Å². The summed E-state index contributed by atoms with van der Waals surface area (Å²) < 4.78 is 33.5. The van der Waals surface area contributed by atoms with E-state index in [0.29, 0.717) is 29.7 Å². The molecule has 0 radical (unpaired) electrons. The number of ketones is 1. The van der Waals surface area contributed by atoms with E-state index in [-0.39, 0.29) is 24.7 Å². The molecule has 2 aromatic rings. The lowest BCUT2D eigenvalue weighted by Gasteiger charge is -2.28. The zero-order valence-corrected chi connectivity index (χ0v) is 11.7. The first-order valence-corrected chi connectivity index (χ1v) is 6.97. The molecule has 6 heteroatoms. The van der Waals surface area contributed by atoms with Gasteiger partial charge in [-0.2, -0.15) is 5.10 Å². The van der Waals surface area contributed by atoms with E-state index in [9.17, 15) is 13.6 Å². The number of hydrogen-bond acceptors (Lipinski definition) is 3. The van der Waals surface area contributed by atoms with Gasteiger partial charge in [0.05, 0.1) is 29.6 Å². The second kappa shape index (κ2) is 5.09. The smallest absolute Gasteiger partial charge is 0.248 e. The minimum absolute atomic E-state index is 0.0480. The molecule has 0 aromatic carbocycles. The molecule has 0 amide bonds. The number of Topliss-reactive ketones (excluding diaryl/α,β-unsaturated/α-hetero) is 1. The molecule has 0 unspecified atom stereocenters. The lowest BCUT2D eigenvalue weighted by atomic mass is 9.94. The van der Waals surface area contributed by atoms with Gasteiger partial charge >= 0.3 is 0 Å². The molecule has 1 fully saturated rings. The van der Waals surface area contributed by atoms with E-state index < -0.39 is 5.92 Å². The standard InChI is InChI=1S/C15H16F2N2O2/c1-10(20)13-8-18-19-9-12(2-3-14(13)19)21-11-4-6-15(16,17)7-5-11/h2-3,8-9,11H,4-7H2,1H3. The Morgan fingerprint density at radius 3 is 2.76 bits per heavy atom. The zero-order chi connectivity index (χ0) is 15.0. The number of nitrogens with zero attached hydrogens (tertiary/aromatic N) is 2. The van der Waals surface area contributed by atoms with Crippen LogP contribution in [0.2, 0.25) is 0 Å². The van der Waals surface area contributed by atoms with Crippen molar-refractivity contribution in [3.63, 3.8) is 0 Å². The third kappa shape index (κ3) is 2.89. The van der Waals surface area contributed by atoms with Gasteiger partial charge in [-0.25, -0.2) is 13.3 Å². The van der Waals surface area contributed by atoms with Crippen LogP contribution >= 0.6 is 0 Å². The Balaban J connectivity index is 1.75. The Morgan fingerprint density at radius 1 is 1.38 bits per heavy atom. The Hall–Kier alpha value is -1.98. The van der Waals surface area contributed by atoms with Crippen molar-refractivity contribution in [2.45, 2.75) is 44.6 Å². The van der Waals surface area contributed by atoms with Crippen molar-refractivity contribution >= 4 is 11.3 Å². The molecule has 0 N–H and O–H groups in total. The van der Waals surface area contributed by atoms with Crippen LogP contribution < -0.4 is 4.74 Å². The number of rotatable bonds is 3. The summed E-state index contributed by atoms with van der Waals surface area (Å²) in [7, 11) is 0. The maximum absolute atomic E-state index is 13.1. The summed E-state index contributed by atoms with van der Waals surface area (Å²) in [5, 5.41) is 4.11. The molecule has 0 saturated heterocycles. The quantitative estimate of drug-likeness (QED) is 0.814. The number of carbonyl (C=O) groups is 1. The average molecular weight is 294 g/mol. The summed E-state index contributed by atoms with van der Waals surface area (Å²) in [5.74, 6) is -2.02. The van der Waals surface area contributed by atoms with Gasteiger partial charge in [0, 0.05) is 12.8 Å². The third-order valence-corrected chi connectivity index (χ3v) is 3.84. The Bertz CT molecular complexity index is 671. The molecule has 112 valence electrons. The zero-order valence-electron chi connectivity index (χ0n) is 11.7. The molecule has 21 heavy (non-hydrogen) atoms. The summed E-state index contributed by atoms with van der Waals surface area (Å²) in [6.07, 6.45) is 3.44. The molecule has 1 saturated carbocycles. The van der Waals surface area contributed by atoms with Crippen molar-refractivity contribution in [2.75, 3.05) is 0 Å². The molecule has 4 nitrogen and oxygen atoms in total. The van der Waals surface area contributed by atoms with E-state index >= 15 is 0 Å². The highest BCUT2D eigenvalue weighted by Gasteiger charge is 2.35. The van der Waals surface area contributed by atoms with Crippen LogP contribution in [0.1, 0.15) is 43.0 Å². The summed E-state index contributed by atoms with van der Waals surface area (Å²) in [6, 6.07) is 3.51. The van der Waals surface area contributed by atoms with E-state index in [1.54, 1.807) is 22.8 Å². The average Bonchev–Trinajstić information content (AvgIpc) is 2.84. The second-order valence-electron chi connectivity index (χ2n) is 5.48. The van der Waals surface area contributed by atoms with Crippen LogP contribution in [-0.2, 0) is 0 Å².